The van der Waals surface area contributed by atoms with E-state index in [0.717, 1.165) is 0 Å². The molecule has 0 radical (unpaired) electrons. The van der Waals surface area contributed by atoms with Crippen molar-refractivity contribution in [3.8, 4) is 5.75 Å². The maximum Gasteiger partial charge on any atom is 0.129 e. The van der Waals surface area contributed by atoms with E-state index in [-0.39, 0.29) is 5.56 Å². The van der Waals surface area contributed by atoms with Gasteiger partial charge in [-0.05, 0) is 30.3 Å². The van der Waals surface area contributed by atoms with E-state index in [9.17, 15) is 8.78 Å². The van der Waals surface area contributed by atoms with Crippen molar-refractivity contribution in [2.24, 2.45) is 5.73 Å². The van der Waals surface area contributed by atoms with Crippen molar-refractivity contribution in [2.45, 2.75) is 6.04 Å². The Labute approximate surface area is 118 Å². The lowest BCUT2D eigenvalue weighted by molar-refractivity contribution is 0.406. The monoisotopic (exact) mass is 327 g/mol. The molecule has 0 bridgehead atoms. The predicted octanol–water partition coefficient (Wildman–Crippen LogP) is 3.78. The summed E-state index contributed by atoms with van der Waals surface area (Å²) in [6, 6.07) is 7.78. The molecule has 2 aromatic rings. The molecule has 2 aromatic carbocycles. The van der Waals surface area contributed by atoms with Gasteiger partial charge in [-0.2, -0.15) is 0 Å². The van der Waals surface area contributed by atoms with Gasteiger partial charge in [0.05, 0.1) is 13.2 Å². The van der Waals surface area contributed by atoms with Crippen molar-refractivity contribution in [3.05, 3.63) is 63.6 Å². The SMILES string of the molecule is COc1ccc(F)cc1C(N)c1ccc(Br)cc1F. The molecule has 0 heterocycles. The van der Waals surface area contributed by atoms with Gasteiger partial charge in [0, 0.05) is 15.6 Å². The highest BCUT2D eigenvalue weighted by Gasteiger charge is 2.18. The topological polar surface area (TPSA) is 35.2 Å². The van der Waals surface area contributed by atoms with E-state index in [1.807, 2.05) is 0 Å². The predicted molar refractivity (Wildman–Crippen MR) is 73.1 cm³/mol. The third kappa shape index (κ3) is 2.93. The molecule has 0 aromatic heterocycles. The van der Waals surface area contributed by atoms with E-state index in [0.29, 0.717) is 15.8 Å². The first-order valence-corrected chi connectivity index (χ1v) is 6.36. The van der Waals surface area contributed by atoms with Gasteiger partial charge in [0.15, 0.2) is 0 Å². The van der Waals surface area contributed by atoms with Gasteiger partial charge >= 0.3 is 0 Å². The van der Waals surface area contributed by atoms with Crippen LogP contribution in [0.3, 0.4) is 0 Å². The molecule has 0 amide bonds. The number of rotatable bonds is 3. The quantitative estimate of drug-likeness (QED) is 0.931. The number of benzene rings is 2. The molecule has 1 atom stereocenters. The maximum atomic E-state index is 13.9. The molecular formula is C14H12BrF2NO. The normalized spacial score (nSPS) is 12.3. The summed E-state index contributed by atoms with van der Waals surface area (Å²) in [4.78, 5) is 0. The number of nitrogens with two attached hydrogens (primary N) is 1. The van der Waals surface area contributed by atoms with Crippen LogP contribution in [-0.4, -0.2) is 7.11 Å². The van der Waals surface area contributed by atoms with Crippen LogP contribution in [0.4, 0.5) is 8.78 Å². The summed E-state index contributed by atoms with van der Waals surface area (Å²) in [5.41, 5.74) is 6.70. The third-order valence-corrected chi connectivity index (χ3v) is 3.32. The molecule has 0 fully saturated rings. The van der Waals surface area contributed by atoms with Crippen molar-refractivity contribution < 1.29 is 13.5 Å². The van der Waals surface area contributed by atoms with Gasteiger partial charge in [-0.15, -0.1) is 0 Å². The molecule has 5 heteroatoms. The third-order valence-electron chi connectivity index (χ3n) is 2.82. The van der Waals surface area contributed by atoms with Gasteiger partial charge in [-0.3, -0.25) is 0 Å². The standard InChI is InChI=1S/C14H12BrF2NO/c1-19-13-5-3-9(16)7-11(13)14(18)10-4-2-8(15)6-12(10)17/h2-7,14H,18H2,1H3. The molecular weight excluding hydrogens is 316 g/mol. The Morgan fingerprint density at radius 3 is 2.47 bits per heavy atom. The minimum absolute atomic E-state index is 0.284. The Morgan fingerprint density at radius 2 is 1.84 bits per heavy atom. The van der Waals surface area contributed by atoms with Crippen molar-refractivity contribution in [1.82, 2.24) is 0 Å². The lowest BCUT2D eigenvalue weighted by Gasteiger charge is -2.17. The van der Waals surface area contributed by atoms with Gasteiger partial charge in [-0.1, -0.05) is 22.0 Å². The van der Waals surface area contributed by atoms with Crippen LogP contribution in [0.5, 0.6) is 5.75 Å². The van der Waals surface area contributed by atoms with Gasteiger partial charge in [0.1, 0.15) is 17.4 Å². The molecule has 100 valence electrons. The minimum atomic E-state index is -0.793. The number of hydrogen-bond donors (Lipinski definition) is 1. The second-order valence-corrected chi connectivity index (χ2v) is 4.95. The first-order chi connectivity index (χ1) is 9.02. The summed E-state index contributed by atoms with van der Waals surface area (Å²) in [5.74, 6) is -0.465. The molecule has 0 aliphatic rings. The highest BCUT2D eigenvalue weighted by Crippen LogP contribution is 2.31. The van der Waals surface area contributed by atoms with Crippen LogP contribution in [0, 0.1) is 11.6 Å². The molecule has 2 N–H and O–H groups in total. The molecule has 0 spiro atoms. The van der Waals surface area contributed by atoms with E-state index in [1.54, 1.807) is 12.1 Å². The van der Waals surface area contributed by atoms with Crippen molar-refractivity contribution >= 4 is 15.9 Å². The van der Waals surface area contributed by atoms with Crippen molar-refractivity contribution in [1.29, 1.82) is 0 Å². The van der Waals surface area contributed by atoms with Gasteiger partial charge < -0.3 is 10.5 Å². The summed E-state index contributed by atoms with van der Waals surface area (Å²) in [6.07, 6.45) is 0. The molecule has 0 saturated heterocycles. The molecule has 0 saturated carbocycles. The highest BCUT2D eigenvalue weighted by atomic mass is 79.9. The fraction of sp³-hybridized carbons (Fsp3) is 0.143. The van der Waals surface area contributed by atoms with E-state index in [1.165, 1.54) is 31.4 Å². The smallest absolute Gasteiger partial charge is 0.129 e. The lowest BCUT2D eigenvalue weighted by atomic mass is 9.98. The Hall–Kier alpha value is -1.46. The zero-order valence-corrected chi connectivity index (χ0v) is 11.7. The van der Waals surface area contributed by atoms with Gasteiger partial charge in [0.25, 0.3) is 0 Å². The van der Waals surface area contributed by atoms with E-state index in [4.69, 9.17) is 10.5 Å². The lowest BCUT2D eigenvalue weighted by Crippen LogP contribution is -2.15. The molecule has 0 aliphatic heterocycles. The molecule has 0 aliphatic carbocycles. The van der Waals surface area contributed by atoms with Gasteiger partial charge in [0.2, 0.25) is 0 Å². The Balaban J connectivity index is 2.49. The van der Waals surface area contributed by atoms with Crippen LogP contribution >= 0.6 is 15.9 Å². The maximum absolute atomic E-state index is 13.9. The number of hydrogen-bond acceptors (Lipinski definition) is 2. The largest absolute Gasteiger partial charge is 0.496 e. The summed E-state index contributed by atoms with van der Waals surface area (Å²) in [6.45, 7) is 0. The van der Waals surface area contributed by atoms with Crippen LogP contribution in [0.25, 0.3) is 0 Å². The molecule has 2 nitrogen and oxygen atoms in total. The Bertz CT molecular complexity index is 604. The van der Waals surface area contributed by atoms with Crippen LogP contribution in [0.15, 0.2) is 40.9 Å². The van der Waals surface area contributed by atoms with Crippen LogP contribution in [-0.2, 0) is 0 Å². The first-order valence-electron chi connectivity index (χ1n) is 5.57. The average molecular weight is 328 g/mol. The summed E-state index contributed by atoms with van der Waals surface area (Å²) in [5, 5.41) is 0. The molecule has 19 heavy (non-hydrogen) atoms. The van der Waals surface area contributed by atoms with E-state index < -0.39 is 17.7 Å². The molecule has 1 unspecified atom stereocenters. The van der Waals surface area contributed by atoms with E-state index >= 15 is 0 Å². The summed E-state index contributed by atoms with van der Waals surface area (Å²) in [7, 11) is 1.46. The van der Waals surface area contributed by atoms with Crippen LogP contribution in [0.2, 0.25) is 0 Å². The van der Waals surface area contributed by atoms with E-state index in [2.05, 4.69) is 15.9 Å². The first kappa shape index (κ1) is 14.0. The Morgan fingerprint density at radius 1 is 1.11 bits per heavy atom. The molecule has 2 rings (SSSR count). The number of halogens is 3. The van der Waals surface area contributed by atoms with Crippen molar-refractivity contribution in [2.75, 3.05) is 7.11 Å². The zero-order valence-electron chi connectivity index (χ0n) is 10.2. The summed E-state index contributed by atoms with van der Waals surface area (Å²) >= 11 is 3.18. The number of methoxy groups -OCH3 is 1. The second-order valence-electron chi connectivity index (χ2n) is 4.03. The summed E-state index contributed by atoms with van der Waals surface area (Å²) < 4.78 is 32.9. The fourth-order valence-corrected chi connectivity index (χ4v) is 2.20. The Kier molecular flexibility index (Phi) is 4.17. The highest BCUT2D eigenvalue weighted by molar-refractivity contribution is 9.10. The minimum Gasteiger partial charge on any atom is -0.496 e. The second kappa shape index (κ2) is 5.67. The average Bonchev–Trinajstić information content (AvgIpc) is 2.38. The fourth-order valence-electron chi connectivity index (χ4n) is 1.87. The van der Waals surface area contributed by atoms with Crippen LogP contribution in [0.1, 0.15) is 17.2 Å². The van der Waals surface area contributed by atoms with Crippen LogP contribution < -0.4 is 10.5 Å². The zero-order chi connectivity index (χ0) is 14.0. The number of ether oxygens (including phenoxy) is 1. The van der Waals surface area contributed by atoms with Gasteiger partial charge in [-0.25, -0.2) is 8.78 Å². The van der Waals surface area contributed by atoms with Crippen molar-refractivity contribution in [3.63, 3.8) is 0 Å².